The van der Waals surface area contributed by atoms with Crippen LogP contribution in [0.3, 0.4) is 0 Å². The molecule has 2 unspecified atom stereocenters. The minimum atomic E-state index is -1.30. The minimum absolute atomic E-state index is 0.158. The topological polar surface area (TPSA) is 91.3 Å². The molecule has 0 saturated heterocycles. The van der Waals surface area contributed by atoms with Gasteiger partial charge in [-0.15, -0.1) is 0 Å². The molecule has 0 bridgehead atoms. The van der Waals surface area contributed by atoms with Crippen LogP contribution in [0.15, 0.2) is 0 Å². The molecule has 1 fully saturated rings. The predicted molar refractivity (Wildman–Crippen MR) is 87.1 cm³/mol. The Morgan fingerprint density at radius 1 is 1.04 bits per heavy atom. The Labute approximate surface area is 143 Å². The van der Waals surface area contributed by atoms with E-state index < -0.39 is 18.4 Å². The zero-order chi connectivity index (χ0) is 17.8. The molecular weight excluding hydrogens is 316 g/mol. The van der Waals surface area contributed by atoms with E-state index in [2.05, 4.69) is 13.8 Å². The standard InChI is InChI=1S/C17H30O7/c1-13(2)6-3-4-9-21-10-11-22-17(20)24-15-8-5-7-14(12-15)23-16(18)19/h13-15H,3-12H2,1-2H3,(H,18,19). The molecular formula is C17H30O7. The van der Waals surface area contributed by atoms with Crippen LogP contribution in [0.2, 0.25) is 0 Å². The van der Waals surface area contributed by atoms with Gasteiger partial charge in [-0.2, -0.15) is 0 Å². The summed E-state index contributed by atoms with van der Waals surface area (Å²) in [5, 5.41) is 8.61. The number of carbonyl (C=O) groups excluding carboxylic acids is 1. The first kappa shape index (κ1) is 20.5. The first-order chi connectivity index (χ1) is 11.5. The van der Waals surface area contributed by atoms with Crippen LogP contribution in [0.25, 0.3) is 0 Å². The SMILES string of the molecule is CC(C)CCCCOCCOC(=O)OC1CCCC(OC(=O)O)C1. The van der Waals surface area contributed by atoms with Crippen LogP contribution in [-0.4, -0.2) is 49.4 Å². The van der Waals surface area contributed by atoms with Gasteiger partial charge < -0.3 is 24.1 Å². The van der Waals surface area contributed by atoms with E-state index in [9.17, 15) is 9.59 Å². The monoisotopic (exact) mass is 346 g/mol. The second-order valence-electron chi connectivity index (χ2n) is 6.51. The number of carboxylic acid groups (broad SMARTS) is 1. The second kappa shape index (κ2) is 11.9. The van der Waals surface area contributed by atoms with Gasteiger partial charge in [0.15, 0.2) is 0 Å². The largest absolute Gasteiger partial charge is 0.508 e. The van der Waals surface area contributed by atoms with Gasteiger partial charge in [-0.05, 0) is 31.6 Å². The summed E-state index contributed by atoms with van der Waals surface area (Å²) in [4.78, 5) is 22.1. The highest BCUT2D eigenvalue weighted by Gasteiger charge is 2.27. The number of hydrogen-bond acceptors (Lipinski definition) is 6. The second-order valence-corrected chi connectivity index (χ2v) is 6.51. The normalized spacial score (nSPS) is 20.6. The lowest BCUT2D eigenvalue weighted by Gasteiger charge is -2.27. The number of ether oxygens (including phenoxy) is 4. The molecule has 2 atom stereocenters. The Balaban J connectivity index is 2.02. The fraction of sp³-hybridized carbons (Fsp3) is 0.882. The Bertz CT molecular complexity index is 370. The van der Waals surface area contributed by atoms with Crippen molar-refractivity contribution in [1.29, 1.82) is 0 Å². The van der Waals surface area contributed by atoms with Gasteiger partial charge in [-0.3, -0.25) is 0 Å². The molecule has 1 rings (SSSR count). The number of hydrogen-bond donors (Lipinski definition) is 1. The zero-order valence-corrected chi connectivity index (χ0v) is 14.7. The Kier molecular flexibility index (Phi) is 10.2. The molecule has 7 heteroatoms. The molecule has 0 heterocycles. The summed E-state index contributed by atoms with van der Waals surface area (Å²) in [6.07, 6.45) is 3.04. The van der Waals surface area contributed by atoms with E-state index >= 15 is 0 Å². The summed E-state index contributed by atoms with van der Waals surface area (Å²) in [6.45, 7) is 5.57. The van der Waals surface area contributed by atoms with E-state index in [0.29, 0.717) is 38.4 Å². The number of carbonyl (C=O) groups is 2. The van der Waals surface area contributed by atoms with Crippen LogP contribution in [-0.2, 0) is 18.9 Å². The highest BCUT2D eigenvalue weighted by atomic mass is 16.7. The maximum absolute atomic E-state index is 11.6. The van der Waals surface area contributed by atoms with Crippen molar-refractivity contribution in [1.82, 2.24) is 0 Å². The third-order valence-electron chi connectivity index (χ3n) is 3.88. The van der Waals surface area contributed by atoms with E-state index in [-0.39, 0.29) is 12.7 Å². The molecule has 1 N–H and O–H groups in total. The van der Waals surface area contributed by atoms with Gasteiger partial charge in [0.25, 0.3) is 0 Å². The zero-order valence-electron chi connectivity index (χ0n) is 14.7. The van der Waals surface area contributed by atoms with E-state index in [1.807, 2.05) is 0 Å². The van der Waals surface area contributed by atoms with E-state index in [1.165, 1.54) is 6.42 Å². The fourth-order valence-electron chi connectivity index (χ4n) is 2.67. The van der Waals surface area contributed by atoms with Crippen molar-refractivity contribution in [3.63, 3.8) is 0 Å². The Hall–Kier alpha value is -1.50. The van der Waals surface area contributed by atoms with Crippen molar-refractivity contribution in [3.8, 4) is 0 Å². The molecule has 1 saturated carbocycles. The van der Waals surface area contributed by atoms with Gasteiger partial charge in [0, 0.05) is 13.0 Å². The summed E-state index contributed by atoms with van der Waals surface area (Å²) >= 11 is 0. The van der Waals surface area contributed by atoms with Gasteiger partial charge >= 0.3 is 12.3 Å². The molecule has 0 aromatic carbocycles. The van der Waals surface area contributed by atoms with Crippen molar-refractivity contribution >= 4 is 12.3 Å². The molecule has 1 aliphatic rings. The number of unbranched alkanes of at least 4 members (excludes halogenated alkanes) is 1. The highest BCUT2D eigenvalue weighted by Crippen LogP contribution is 2.24. The summed E-state index contributed by atoms with van der Waals surface area (Å²) in [7, 11) is 0. The fourth-order valence-corrected chi connectivity index (χ4v) is 2.67. The van der Waals surface area contributed by atoms with Crippen molar-refractivity contribution in [2.24, 2.45) is 5.92 Å². The van der Waals surface area contributed by atoms with E-state index in [4.69, 9.17) is 24.1 Å². The third kappa shape index (κ3) is 10.3. The smallest absolute Gasteiger partial charge is 0.450 e. The van der Waals surface area contributed by atoms with Crippen LogP contribution >= 0.6 is 0 Å². The van der Waals surface area contributed by atoms with Gasteiger partial charge in [-0.1, -0.05) is 26.7 Å². The predicted octanol–water partition coefficient (Wildman–Crippen LogP) is 3.99. The molecule has 140 valence electrons. The molecule has 0 amide bonds. The quantitative estimate of drug-likeness (QED) is 0.472. The van der Waals surface area contributed by atoms with Gasteiger partial charge in [0.2, 0.25) is 0 Å². The van der Waals surface area contributed by atoms with Crippen molar-refractivity contribution < 1.29 is 33.6 Å². The molecule has 0 spiro atoms. The maximum atomic E-state index is 11.6. The molecule has 1 aliphatic carbocycles. The average molecular weight is 346 g/mol. The average Bonchev–Trinajstić information content (AvgIpc) is 2.49. The van der Waals surface area contributed by atoms with Crippen LogP contribution in [0.4, 0.5) is 9.59 Å². The van der Waals surface area contributed by atoms with Crippen LogP contribution < -0.4 is 0 Å². The number of rotatable bonds is 10. The molecule has 7 nitrogen and oxygen atoms in total. The molecule has 0 aromatic rings. The van der Waals surface area contributed by atoms with Crippen molar-refractivity contribution in [2.45, 2.75) is 71.0 Å². The van der Waals surface area contributed by atoms with Crippen molar-refractivity contribution in [2.75, 3.05) is 19.8 Å². The van der Waals surface area contributed by atoms with Gasteiger partial charge in [-0.25, -0.2) is 9.59 Å². The Morgan fingerprint density at radius 2 is 1.75 bits per heavy atom. The minimum Gasteiger partial charge on any atom is -0.450 e. The lowest BCUT2D eigenvalue weighted by Crippen LogP contribution is -2.31. The third-order valence-corrected chi connectivity index (χ3v) is 3.88. The van der Waals surface area contributed by atoms with Crippen molar-refractivity contribution in [3.05, 3.63) is 0 Å². The van der Waals surface area contributed by atoms with Crippen LogP contribution in [0, 0.1) is 5.92 Å². The first-order valence-corrected chi connectivity index (χ1v) is 8.78. The molecule has 0 radical (unpaired) electrons. The maximum Gasteiger partial charge on any atom is 0.508 e. The molecule has 0 aromatic heterocycles. The molecule has 0 aliphatic heterocycles. The summed E-state index contributed by atoms with van der Waals surface area (Å²) in [5.74, 6) is 0.711. The highest BCUT2D eigenvalue weighted by molar-refractivity contribution is 5.60. The van der Waals surface area contributed by atoms with Crippen LogP contribution in [0.1, 0.15) is 58.8 Å². The summed E-state index contributed by atoms with van der Waals surface area (Å²) in [6, 6.07) is 0. The lowest BCUT2D eigenvalue weighted by molar-refractivity contribution is -0.0330. The van der Waals surface area contributed by atoms with Gasteiger partial charge in [0.05, 0.1) is 6.61 Å². The first-order valence-electron chi connectivity index (χ1n) is 8.78. The van der Waals surface area contributed by atoms with E-state index in [0.717, 1.165) is 19.3 Å². The lowest BCUT2D eigenvalue weighted by atomic mass is 9.95. The van der Waals surface area contributed by atoms with E-state index in [1.54, 1.807) is 0 Å². The van der Waals surface area contributed by atoms with Gasteiger partial charge in [0.1, 0.15) is 18.8 Å². The molecule has 24 heavy (non-hydrogen) atoms. The Morgan fingerprint density at radius 3 is 2.42 bits per heavy atom. The summed E-state index contributed by atoms with van der Waals surface area (Å²) in [5.41, 5.74) is 0. The summed E-state index contributed by atoms with van der Waals surface area (Å²) < 4.78 is 20.3. The van der Waals surface area contributed by atoms with Crippen LogP contribution in [0.5, 0.6) is 0 Å².